The van der Waals surface area contributed by atoms with Gasteiger partial charge in [-0.15, -0.1) is 0 Å². The lowest BCUT2D eigenvalue weighted by molar-refractivity contribution is -0.116. The van der Waals surface area contributed by atoms with E-state index in [0.717, 1.165) is 16.8 Å². The summed E-state index contributed by atoms with van der Waals surface area (Å²) in [5.41, 5.74) is 2.73. The maximum atomic E-state index is 12.2. The molecule has 5 heteroatoms. The van der Waals surface area contributed by atoms with E-state index >= 15 is 0 Å². The van der Waals surface area contributed by atoms with Gasteiger partial charge in [-0.05, 0) is 23.8 Å². The summed E-state index contributed by atoms with van der Waals surface area (Å²) in [6.45, 7) is 0.235. The van der Waals surface area contributed by atoms with E-state index in [-0.39, 0.29) is 30.5 Å². The smallest absolute Gasteiger partial charge is 0.286 e. The van der Waals surface area contributed by atoms with E-state index in [1.807, 2.05) is 54.6 Å². The zero-order chi connectivity index (χ0) is 17.5. The Morgan fingerprint density at radius 2 is 1.64 bits per heavy atom. The molecule has 0 atom stereocenters. The Kier molecular flexibility index (Phi) is 5.26. The van der Waals surface area contributed by atoms with Crippen LogP contribution in [-0.4, -0.2) is 18.4 Å². The number of anilines is 1. The van der Waals surface area contributed by atoms with Crippen LogP contribution in [0.3, 0.4) is 0 Å². The third-order valence-corrected chi connectivity index (χ3v) is 3.67. The fourth-order valence-electron chi connectivity index (χ4n) is 2.46. The van der Waals surface area contributed by atoms with E-state index in [1.54, 1.807) is 12.1 Å². The van der Waals surface area contributed by atoms with Gasteiger partial charge in [0.1, 0.15) is 0 Å². The Labute approximate surface area is 145 Å². The van der Waals surface area contributed by atoms with Crippen LogP contribution in [0.1, 0.15) is 17.0 Å². The Bertz CT molecular complexity index is 842. The Hall–Kier alpha value is -3.34. The minimum absolute atomic E-state index is 0.164. The molecule has 0 aliphatic heterocycles. The molecule has 25 heavy (non-hydrogen) atoms. The van der Waals surface area contributed by atoms with E-state index in [4.69, 9.17) is 4.42 Å². The second-order valence-electron chi connectivity index (χ2n) is 5.44. The van der Waals surface area contributed by atoms with Gasteiger partial charge in [0.25, 0.3) is 5.91 Å². The van der Waals surface area contributed by atoms with Gasteiger partial charge < -0.3 is 15.1 Å². The van der Waals surface area contributed by atoms with Gasteiger partial charge >= 0.3 is 0 Å². The molecule has 5 nitrogen and oxygen atoms in total. The molecule has 1 heterocycles. The number of para-hydroxylation sites is 1. The number of carbonyl (C=O) groups is 2. The van der Waals surface area contributed by atoms with Crippen LogP contribution in [0.25, 0.3) is 11.1 Å². The number of nitrogens with one attached hydrogen (secondary N) is 2. The van der Waals surface area contributed by atoms with Crippen LogP contribution in [0, 0.1) is 0 Å². The number of amides is 2. The van der Waals surface area contributed by atoms with Crippen molar-refractivity contribution in [2.75, 3.05) is 11.9 Å². The van der Waals surface area contributed by atoms with Crippen molar-refractivity contribution in [1.29, 1.82) is 0 Å². The normalized spacial score (nSPS) is 10.2. The molecule has 3 aromatic rings. The zero-order valence-corrected chi connectivity index (χ0v) is 13.6. The second kappa shape index (κ2) is 7.97. The van der Waals surface area contributed by atoms with Gasteiger partial charge in [-0.1, -0.05) is 48.5 Å². The van der Waals surface area contributed by atoms with Crippen LogP contribution in [0.15, 0.2) is 77.4 Å². The molecule has 0 bridgehead atoms. The molecule has 0 saturated heterocycles. The Morgan fingerprint density at radius 1 is 0.880 bits per heavy atom. The van der Waals surface area contributed by atoms with E-state index in [1.165, 1.54) is 6.26 Å². The number of carbonyl (C=O) groups excluding carboxylic acids is 2. The molecule has 0 aliphatic carbocycles. The molecule has 126 valence electrons. The van der Waals surface area contributed by atoms with Gasteiger partial charge in [-0.3, -0.25) is 9.59 Å². The van der Waals surface area contributed by atoms with Gasteiger partial charge in [0.2, 0.25) is 5.91 Å². The SMILES string of the molecule is O=C(CCNC(=O)c1ccco1)Nc1ccccc1-c1ccccc1. The fraction of sp³-hybridized carbons (Fsp3) is 0.100. The van der Waals surface area contributed by atoms with E-state index < -0.39 is 0 Å². The largest absolute Gasteiger partial charge is 0.459 e. The van der Waals surface area contributed by atoms with Crippen molar-refractivity contribution in [3.8, 4) is 11.1 Å². The summed E-state index contributed by atoms with van der Waals surface area (Å²) in [4.78, 5) is 23.9. The Balaban J connectivity index is 1.58. The highest BCUT2D eigenvalue weighted by atomic mass is 16.3. The molecular formula is C20H18N2O3. The molecule has 0 radical (unpaired) electrons. The van der Waals surface area contributed by atoms with Gasteiger partial charge in [0.15, 0.2) is 5.76 Å². The van der Waals surface area contributed by atoms with E-state index in [9.17, 15) is 9.59 Å². The Morgan fingerprint density at radius 3 is 2.40 bits per heavy atom. The first-order valence-corrected chi connectivity index (χ1v) is 8.00. The molecule has 3 rings (SSSR count). The zero-order valence-electron chi connectivity index (χ0n) is 13.6. The maximum Gasteiger partial charge on any atom is 0.286 e. The lowest BCUT2D eigenvalue weighted by Gasteiger charge is -2.11. The van der Waals surface area contributed by atoms with Crippen molar-refractivity contribution >= 4 is 17.5 Å². The van der Waals surface area contributed by atoms with Gasteiger partial charge in [-0.2, -0.15) is 0 Å². The molecule has 2 aromatic carbocycles. The summed E-state index contributed by atoms with van der Waals surface area (Å²) >= 11 is 0. The summed E-state index contributed by atoms with van der Waals surface area (Å²) in [6, 6.07) is 20.7. The highest BCUT2D eigenvalue weighted by molar-refractivity contribution is 5.96. The lowest BCUT2D eigenvalue weighted by Crippen LogP contribution is -2.27. The summed E-state index contributed by atoms with van der Waals surface area (Å²) in [7, 11) is 0. The van der Waals surface area contributed by atoms with Crippen molar-refractivity contribution in [3.05, 3.63) is 78.8 Å². The standard InChI is InChI=1S/C20H18N2O3/c23-19(12-13-21-20(24)18-11-6-14-25-18)22-17-10-5-4-9-16(17)15-7-2-1-3-8-15/h1-11,14H,12-13H2,(H,21,24)(H,22,23). The minimum Gasteiger partial charge on any atom is -0.459 e. The second-order valence-corrected chi connectivity index (χ2v) is 5.44. The van der Waals surface area contributed by atoms with E-state index in [2.05, 4.69) is 10.6 Å². The number of hydrogen-bond donors (Lipinski definition) is 2. The first-order valence-electron chi connectivity index (χ1n) is 8.00. The molecule has 0 unspecified atom stereocenters. The third kappa shape index (κ3) is 4.35. The minimum atomic E-state index is -0.331. The average Bonchev–Trinajstić information content (AvgIpc) is 3.18. The first-order chi connectivity index (χ1) is 12.2. The van der Waals surface area contributed by atoms with Gasteiger partial charge in [0.05, 0.1) is 6.26 Å². The van der Waals surface area contributed by atoms with E-state index in [0.29, 0.717) is 0 Å². The highest BCUT2D eigenvalue weighted by Gasteiger charge is 2.10. The van der Waals surface area contributed by atoms with Crippen molar-refractivity contribution in [2.24, 2.45) is 0 Å². The topological polar surface area (TPSA) is 71.3 Å². The van der Waals surface area contributed by atoms with Crippen molar-refractivity contribution in [3.63, 3.8) is 0 Å². The fourth-order valence-corrected chi connectivity index (χ4v) is 2.46. The number of benzene rings is 2. The third-order valence-electron chi connectivity index (χ3n) is 3.67. The van der Waals surface area contributed by atoms with Gasteiger partial charge in [0, 0.05) is 24.2 Å². The quantitative estimate of drug-likeness (QED) is 0.722. The molecule has 0 spiro atoms. The summed E-state index contributed by atoms with van der Waals surface area (Å²) in [5.74, 6) is -0.263. The lowest BCUT2D eigenvalue weighted by atomic mass is 10.0. The number of rotatable bonds is 6. The molecular weight excluding hydrogens is 316 g/mol. The van der Waals surface area contributed by atoms with Crippen LogP contribution < -0.4 is 10.6 Å². The monoisotopic (exact) mass is 334 g/mol. The number of furan rings is 1. The summed E-state index contributed by atoms with van der Waals surface area (Å²) in [5, 5.41) is 5.56. The summed E-state index contributed by atoms with van der Waals surface area (Å²) < 4.78 is 5.00. The van der Waals surface area contributed by atoms with Crippen molar-refractivity contribution in [2.45, 2.75) is 6.42 Å². The van der Waals surface area contributed by atoms with Crippen LogP contribution in [0.2, 0.25) is 0 Å². The predicted octanol–water partition coefficient (Wildman–Crippen LogP) is 3.71. The van der Waals surface area contributed by atoms with Crippen LogP contribution >= 0.6 is 0 Å². The highest BCUT2D eigenvalue weighted by Crippen LogP contribution is 2.27. The molecule has 0 saturated carbocycles. The first kappa shape index (κ1) is 16.5. The predicted molar refractivity (Wildman–Crippen MR) is 96.2 cm³/mol. The summed E-state index contributed by atoms with van der Waals surface area (Å²) in [6.07, 6.45) is 1.61. The van der Waals surface area contributed by atoms with Crippen molar-refractivity contribution < 1.29 is 14.0 Å². The molecule has 0 aliphatic rings. The van der Waals surface area contributed by atoms with Gasteiger partial charge in [-0.25, -0.2) is 0 Å². The van der Waals surface area contributed by atoms with Crippen LogP contribution in [0.5, 0.6) is 0 Å². The molecule has 2 N–H and O–H groups in total. The van der Waals surface area contributed by atoms with Crippen molar-refractivity contribution in [1.82, 2.24) is 5.32 Å². The molecule has 2 amide bonds. The van der Waals surface area contributed by atoms with Crippen LogP contribution in [-0.2, 0) is 4.79 Å². The maximum absolute atomic E-state index is 12.2. The number of hydrogen-bond acceptors (Lipinski definition) is 3. The molecule has 0 fully saturated rings. The average molecular weight is 334 g/mol. The van der Waals surface area contributed by atoms with Crippen LogP contribution in [0.4, 0.5) is 5.69 Å². The molecule has 1 aromatic heterocycles.